The highest BCUT2D eigenvalue weighted by atomic mass is 32.2. The lowest BCUT2D eigenvalue weighted by Crippen LogP contribution is -2.38. The number of carbonyl (C=O) groups is 2. The van der Waals surface area contributed by atoms with Crippen LogP contribution in [0.2, 0.25) is 0 Å². The van der Waals surface area contributed by atoms with Gasteiger partial charge in [0.25, 0.3) is 5.24 Å². The van der Waals surface area contributed by atoms with Gasteiger partial charge >= 0.3 is 0 Å². The van der Waals surface area contributed by atoms with E-state index in [-0.39, 0.29) is 11.1 Å². The van der Waals surface area contributed by atoms with E-state index in [1.165, 1.54) is 29.5 Å². The molecule has 0 bridgehead atoms. The lowest BCUT2D eigenvalue weighted by atomic mass is 10.2. The lowest BCUT2D eigenvalue weighted by molar-refractivity contribution is -0.127. The normalized spacial score (nSPS) is 17.6. The Morgan fingerprint density at radius 1 is 1.29 bits per heavy atom. The molecule has 0 aliphatic carbocycles. The predicted octanol–water partition coefficient (Wildman–Crippen LogP) is 2.65. The van der Waals surface area contributed by atoms with E-state index in [4.69, 9.17) is 0 Å². The van der Waals surface area contributed by atoms with E-state index in [1.54, 1.807) is 0 Å². The molecule has 1 heterocycles. The summed E-state index contributed by atoms with van der Waals surface area (Å²) in [4.78, 5) is 24.1. The zero-order chi connectivity index (χ0) is 10.4. The average molecular weight is 215 g/mol. The first-order chi connectivity index (χ1) is 6.75. The number of hydrogen-bond acceptors (Lipinski definition) is 3. The van der Waals surface area contributed by atoms with Gasteiger partial charge < -0.3 is 0 Å². The standard InChI is InChI=1S/C10H17NO2S/c1-2-3-4-5-7-11-9(12)6-8-14-10(11)13/h2-8H2,1H3. The van der Waals surface area contributed by atoms with Crippen LogP contribution in [0.4, 0.5) is 4.79 Å². The molecule has 1 saturated heterocycles. The maximum absolute atomic E-state index is 11.4. The molecule has 0 spiro atoms. The average Bonchev–Trinajstić information content (AvgIpc) is 2.16. The number of amides is 2. The third kappa shape index (κ3) is 3.33. The summed E-state index contributed by atoms with van der Waals surface area (Å²) in [6.07, 6.45) is 4.94. The van der Waals surface area contributed by atoms with Gasteiger partial charge in [-0.3, -0.25) is 14.5 Å². The summed E-state index contributed by atoms with van der Waals surface area (Å²) < 4.78 is 0. The van der Waals surface area contributed by atoms with Gasteiger partial charge in [0.15, 0.2) is 0 Å². The van der Waals surface area contributed by atoms with E-state index in [0.29, 0.717) is 18.7 Å². The topological polar surface area (TPSA) is 37.4 Å². The van der Waals surface area contributed by atoms with Crippen molar-refractivity contribution in [2.45, 2.75) is 39.0 Å². The predicted molar refractivity (Wildman–Crippen MR) is 58.3 cm³/mol. The minimum Gasteiger partial charge on any atom is -0.274 e. The van der Waals surface area contributed by atoms with Crippen LogP contribution < -0.4 is 0 Å². The first kappa shape index (κ1) is 11.6. The Labute approximate surface area is 89.2 Å². The Morgan fingerprint density at radius 3 is 2.71 bits per heavy atom. The number of carbonyl (C=O) groups excluding carboxylic acids is 2. The number of unbranched alkanes of at least 4 members (excludes halogenated alkanes) is 3. The molecule has 14 heavy (non-hydrogen) atoms. The van der Waals surface area contributed by atoms with E-state index >= 15 is 0 Å². The van der Waals surface area contributed by atoms with Crippen molar-refractivity contribution in [2.75, 3.05) is 12.3 Å². The van der Waals surface area contributed by atoms with Gasteiger partial charge in [-0.1, -0.05) is 37.9 Å². The van der Waals surface area contributed by atoms with Crippen LogP contribution in [0.3, 0.4) is 0 Å². The smallest absolute Gasteiger partial charge is 0.274 e. The van der Waals surface area contributed by atoms with Crippen LogP contribution in [0.15, 0.2) is 0 Å². The van der Waals surface area contributed by atoms with Crippen molar-refractivity contribution in [3.8, 4) is 0 Å². The summed E-state index contributed by atoms with van der Waals surface area (Å²) in [6.45, 7) is 2.76. The summed E-state index contributed by atoms with van der Waals surface area (Å²) >= 11 is 1.26. The van der Waals surface area contributed by atoms with Crippen molar-refractivity contribution in [3.05, 3.63) is 0 Å². The van der Waals surface area contributed by atoms with Crippen LogP contribution in [-0.2, 0) is 4.79 Å². The van der Waals surface area contributed by atoms with Gasteiger partial charge in [0.05, 0.1) is 0 Å². The van der Waals surface area contributed by atoms with Crippen LogP contribution >= 0.6 is 11.8 Å². The third-order valence-corrected chi connectivity index (χ3v) is 3.17. The second kappa shape index (κ2) is 6.06. The van der Waals surface area contributed by atoms with Gasteiger partial charge in [0, 0.05) is 18.7 Å². The van der Waals surface area contributed by atoms with E-state index in [1.807, 2.05) is 0 Å². The Kier molecular flexibility index (Phi) is 5.01. The Bertz CT molecular complexity index is 202. The number of rotatable bonds is 5. The highest BCUT2D eigenvalue weighted by molar-refractivity contribution is 8.13. The largest absolute Gasteiger partial charge is 0.288 e. The van der Waals surface area contributed by atoms with E-state index in [2.05, 4.69) is 6.92 Å². The molecule has 1 fully saturated rings. The molecular weight excluding hydrogens is 198 g/mol. The highest BCUT2D eigenvalue weighted by Gasteiger charge is 2.25. The van der Waals surface area contributed by atoms with Gasteiger partial charge in [0.1, 0.15) is 0 Å². The van der Waals surface area contributed by atoms with E-state index < -0.39 is 0 Å². The highest BCUT2D eigenvalue weighted by Crippen LogP contribution is 2.18. The molecule has 0 saturated carbocycles. The van der Waals surface area contributed by atoms with Crippen LogP contribution in [0, 0.1) is 0 Å². The Balaban J connectivity index is 2.26. The zero-order valence-electron chi connectivity index (χ0n) is 8.62. The molecule has 0 atom stereocenters. The van der Waals surface area contributed by atoms with Gasteiger partial charge in [-0.15, -0.1) is 0 Å². The Morgan fingerprint density at radius 2 is 2.07 bits per heavy atom. The van der Waals surface area contributed by atoms with Crippen molar-refractivity contribution in [2.24, 2.45) is 0 Å². The lowest BCUT2D eigenvalue weighted by Gasteiger charge is -2.23. The molecule has 3 nitrogen and oxygen atoms in total. The molecule has 0 aromatic rings. The molecule has 0 N–H and O–H groups in total. The number of thioether (sulfide) groups is 1. The molecule has 1 aliphatic rings. The van der Waals surface area contributed by atoms with Crippen molar-refractivity contribution in [1.82, 2.24) is 4.90 Å². The molecule has 1 rings (SSSR count). The van der Waals surface area contributed by atoms with Gasteiger partial charge in [-0.25, -0.2) is 0 Å². The van der Waals surface area contributed by atoms with Gasteiger partial charge in [-0.2, -0.15) is 0 Å². The van der Waals surface area contributed by atoms with Crippen LogP contribution in [0.25, 0.3) is 0 Å². The van der Waals surface area contributed by atoms with Crippen LogP contribution in [-0.4, -0.2) is 28.3 Å². The van der Waals surface area contributed by atoms with E-state index in [9.17, 15) is 9.59 Å². The fourth-order valence-corrected chi connectivity index (χ4v) is 2.25. The minimum absolute atomic E-state index is 0.00486. The summed E-state index contributed by atoms with van der Waals surface area (Å²) in [5.74, 6) is 0.661. The first-order valence-corrected chi connectivity index (χ1v) is 6.21. The first-order valence-electron chi connectivity index (χ1n) is 5.23. The number of hydrogen-bond donors (Lipinski definition) is 0. The molecule has 2 amide bonds. The fourth-order valence-electron chi connectivity index (χ4n) is 1.45. The van der Waals surface area contributed by atoms with Crippen molar-refractivity contribution >= 4 is 22.9 Å². The SMILES string of the molecule is CCCCCCN1C(=O)CCSC1=O. The summed E-state index contributed by atoms with van der Waals surface area (Å²) in [6, 6.07) is 0. The molecule has 0 aromatic heterocycles. The van der Waals surface area contributed by atoms with Gasteiger partial charge in [0.2, 0.25) is 5.91 Å². The third-order valence-electron chi connectivity index (χ3n) is 2.30. The van der Waals surface area contributed by atoms with Crippen molar-refractivity contribution in [1.29, 1.82) is 0 Å². The quantitative estimate of drug-likeness (QED) is 0.662. The summed E-state index contributed by atoms with van der Waals surface area (Å²) in [5, 5.41) is -0.0576. The second-order valence-electron chi connectivity index (χ2n) is 3.47. The maximum Gasteiger partial charge on any atom is 0.288 e. The molecule has 80 valence electrons. The van der Waals surface area contributed by atoms with Crippen molar-refractivity contribution in [3.63, 3.8) is 0 Å². The summed E-state index contributed by atoms with van der Waals surface area (Å²) in [7, 11) is 0. The molecule has 0 aromatic carbocycles. The maximum atomic E-state index is 11.4. The molecular formula is C10H17NO2S. The monoisotopic (exact) mass is 215 g/mol. The molecule has 1 aliphatic heterocycles. The molecule has 0 radical (unpaired) electrons. The number of imide groups is 1. The molecule has 4 heteroatoms. The second-order valence-corrected chi connectivity index (χ2v) is 4.52. The minimum atomic E-state index is -0.0576. The van der Waals surface area contributed by atoms with E-state index in [0.717, 1.165) is 12.8 Å². The zero-order valence-corrected chi connectivity index (χ0v) is 9.44. The molecule has 0 unspecified atom stereocenters. The number of nitrogens with zero attached hydrogens (tertiary/aromatic N) is 1. The van der Waals surface area contributed by atoms with Crippen LogP contribution in [0.5, 0.6) is 0 Å². The Hall–Kier alpha value is -0.510. The van der Waals surface area contributed by atoms with Crippen LogP contribution in [0.1, 0.15) is 39.0 Å². The van der Waals surface area contributed by atoms with Gasteiger partial charge in [-0.05, 0) is 6.42 Å². The fraction of sp³-hybridized carbons (Fsp3) is 0.800. The summed E-state index contributed by atoms with van der Waals surface area (Å²) in [5.41, 5.74) is 0. The van der Waals surface area contributed by atoms with Crippen molar-refractivity contribution < 1.29 is 9.59 Å².